The number of anilines is 1. The maximum absolute atomic E-state index is 12.7. The number of nitrogens with one attached hydrogen (secondary N) is 1. The van der Waals surface area contributed by atoms with Crippen molar-refractivity contribution in [3.05, 3.63) is 24.3 Å². The van der Waals surface area contributed by atoms with Gasteiger partial charge in [-0.3, -0.25) is 4.79 Å². The third-order valence-electron chi connectivity index (χ3n) is 5.19. The number of ether oxygens (including phenoxy) is 2. The third kappa shape index (κ3) is 7.44. The summed E-state index contributed by atoms with van der Waals surface area (Å²) in [5.41, 5.74) is -0.0487. The van der Waals surface area contributed by atoms with E-state index in [0.29, 0.717) is 18.9 Å². The van der Waals surface area contributed by atoms with E-state index in [0.717, 1.165) is 31.0 Å². The van der Waals surface area contributed by atoms with Gasteiger partial charge in [0.1, 0.15) is 11.4 Å². The molecule has 5 heteroatoms. The van der Waals surface area contributed by atoms with E-state index in [1.807, 2.05) is 38.1 Å². The molecule has 28 heavy (non-hydrogen) atoms. The number of likely N-dealkylation sites (tertiary alicyclic amines) is 1. The fourth-order valence-corrected chi connectivity index (χ4v) is 3.87. The molecule has 1 heterocycles. The molecule has 1 atom stereocenters. The Balaban J connectivity index is 1.78. The first kappa shape index (κ1) is 22.7. The molecule has 0 unspecified atom stereocenters. The predicted octanol–water partition coefficient (Wildman–Crippen LogP) is 4.72. The number of nitrogens with zero attached hydrogens (tertiary/aromatic N) is 1. The van der Waals surface area contributed by atoms with Crippen LogP contribution in [0.4, 0.5) is 5.69 Å². The van der Waals surface area contributed by atoms with Crippen LogP contribution in [0.3, 0.4) is 0 Å². The van der Waals surface area contributed by atoms with Crippen molar-refractivity contribution in [2.45, 2.75) is 65.4 Å². The van der Waals surface area contributed by atoms with Crippen LogP contribution in [0, 0.1) is 5.92 Å². The molecule has 0 spiro atoms. The van der Waals surface area contributed by atoms with Crippen molar-refractivity contribution in [2.75, 3.05) is 38.2 Å². The average Bonchev–Trinajstić information content (AvgIpc) is 2.67. The maximum Gasteiger partial charge on any atom is 0.256 e. The van der Waals surface area contributed by atoms with Gasteiger partial charge in [0.05, 0.1) is 6.61 Å². The molecule has 1 saturated heterocycles. The van der Waals surface area contributed by atoms with E-state index in [-0.39, 0.29) is 5.91 Å². The highest BCUT2D eigenvalue weighted by atomic mass is 16.5. The van der Waals surface area contributed by atoms with Crippen molar-refractivity contribution in [1.29, 1.82) is 0 Å². The molecular weight excluding hydrogens is 352 g/mol. The van der Waals surface area contributed by atoms with Crippen LogP contribution in [0.5, 0.6) is 5.75 Å². The summed E-state index contributed by atoms with van der Waals surface area (Å²) in [6, 6.07) is 7.60. The van der Waals surface area contributed by atoms with Crippen molar-refractivity contribution in [3.8, 4) is 5.75 Å². The van der Waals surface area contributed by atoms with Crippen LogP contribution in [-0.4, -0.2) is 49.3 Å². The number of rotatable bonds is 11. The lowest BCUT2D eigenvalue weighted by atomic mass is 9.93. The minimum atomic E-state index is -0.813. The van der Waals surface area contributed by atoms with Gasteiger partial charge >= 0.3 is 0 Å². The minimum absolute atomic E-state index is 0.0988. The second-order valence-corrected chi connectivity index (χ2v) is 8.34. The van der Waals surface area contributed by atoms with Crippen LogP contribution < -0.4 is 10.1 Å². The summed E-state index contributed by atoms with van der Waals surface area (Å²) in [4.78, 5) is 15.3. The molecule has 1 amide bonds. The Kier molecular flexibility index (Phi) is 9.26. The van der Waals surface area contributed by atoms with Gasteiger partial charge < -0.3 is 19.7 Å². The van der Waals surface area contributed by atoms with E-state index in [4.69, 9.17) is 9.47 Å². The van der Waals surface area contributed by atoms with Gasteiger partial charge in [-0.15, -0.1) is 0 Å². The molecule has 0 saturated carbocycles. The quantitative estimate of drug-likeness (QED) is 0.556. The number of benzene rings is 1. The molecule has 158 valence electrons. The molecule has 0 bridgehead atoms. The highest BCUT2D eigenvalue weighted by Gasteiger charge is 2.34. The van der Waals surface area contributed by atoms with Crippen LogP contribution in [0.25, 0.3) is 0 Å². The molecular formula is C23H38N2O3. The minimum Gasteiger partial charge on any atom is -0.494 e. The Labute approximate surface area is 170 Å². The van der Waals surface area contributed by atoms with E-state index in [9.17, 15) is 4.79 Å². The Hall–Kier alpha value is -1.59. The van der Waals surface area contributed by atoms with Crippen molar-refractivity contribution < 1.29 is 14.3 Å². The van der Waals surface area contributed by atoms with Crippen molar-refractivity contribution in [1.82, 2.24) is 4.90 Å². The molecule has 1 N–H and O–H groups in total. The summed E-state index contributed by atoms with van der Waals surface area (Å²) in [5.74, 6) is 1.12. The fraction of sp³-hybridized carbons (Fsp3) is 0.696. The number of hydrogen-bond acceptors (Lipinski definition) is 4. The summed E-state index contributed by atoms with van der Waals surface area (Å²) in [7, 11) is 0. The zero-order chi connectivity index (χ0) is 20.4. The van der Waals surface area contributed by atoms with Crippen LogP contribution >= 0.6 is 0 Å². The van der Waals surface area contributed by atoms with Crippen LogP contribution in [-0.2, 0) is 9.53 Å². The topological polar surface area (TPSA) is 50.8 Å². The monoisotopic (exact) mass is 390 g/mol. The van der Waals surface area contributed by atoms with E-state index in [1.165, 1.54) is 32.4 Å². The Morgan fingerprint density at radius 3 is 2.46 bits per heavy atom. The van der Waals surface area contributed by atoms with Gasteiger partial charge in [-0.05, 0) is 82.8 Å². The zero-order valence-electron chi connectivity index (χ0n) is 18.1. The van der Waals surface area contributed by atoms with E-state index in [2.05, 4.69) is 24.1 Å². The molecule has 5 nitrogen and oxygen atoms in total. The van der Waals surface area contributed by atoms with E-state index < -0.39 is 5.60 Å². The fourth-order valence-electron chi connectivity index (χ4n) is 3.87. The lowest BCUT2D eigenvalue weighted by Gasteiger charge is -2.29. The van der Waals surface area contributed by atoms with Crippen molar-refractivity contribution in [3.63, 3.8) is 0 Å². The highest BCUT2D eigenvalue weighted by Crippen LogP contribution is 2.24. The van der Waals surface area contributed by atoms with Gasteiger partial charge in [0.2, 0.25) is 0 Å². The Bertz CT molecular complexity index is 582. The SMILES string of the molecule is CCO[C@](C)(CC(C)C)C(=O)Nc1ccc(OCCCN2CCCCC2)cc1. The second-order valence-electron chi connectivity index (χ2n) is 8.34. The smallest absolute Gasteiger partial charge is 0.256 e. The maximum atomic E-state index is 12.7. The van der Waals surface area contributed by atoms with Gasteiger partial charge in [0.15, 0.2) is 0 Å². The van der Waals surface area contributed by atoms with Crippen LogP contribution in [0.1, 0.15) is 59.8 Å². The first-order valence-corrected chi connectivity index (χ1v) is 10.8. The molecule has 1 fully saturated rings. The number of amides is 1. The second kappa shape index (κ2) is 11.4. The Morgan fingerprint density at radius 1 is 1.18 bits per heavy atom. The molecule has 0 radical (unpaired) electrons. The molecule has 0 aromatic heterocycles. The molecule has 1 aromatic rings. The molecule has 0 aliphatic carbocycles. The first-order valence-electron chi connectivity index (χ1n) is 10.8. The molecule has 1 aromatic carbocycles. The normalized spacial score (nSPS) is 17.3. The predicted molar refractivity (Wildman–Crippen MR) is 115 cm³/mol. The Morgan fingerprint density at radius 2 is 1.86 bits per heavy atom. The summed E-state index contributed by atoms with van der Waals surface area (Å²) in [5, 5.41) is 2.98. The summed E-state index contributed by atoms with van der Waals surface area (Å²) in [6.45, 7) is 12.8. The van der Waals surface area contributed by atoms with E-state index >= 15 is 0 Å². The van der Waals surface area contributed by atoms with Crippen molar-refractivity contribution in [2.24, 2.45) is 5.92 Å². The highest BCUT2D eigenvalue weighted by molar-refractivity contribution is 5.97. The first-order chi connectivity index (χ1) is 13.4. The summed E-state index contributed by atoms with van der Waals surface area (Å²) >= 11 is 0. The zero-order valence-corrected chi connectivity index (χ0v) is 18.1. The van der Waals surface area contributed by atoms with Gasteiger partial charge in [0.25, 0.3) is 5.91 Å². The number of carbonyl (C=O) groups excluding carboxylic acids is 1. The number of hydrogen-bond donors (Lipinski definition) is 1. The van der Waals surface area contributed by atoms with Crippen LogP contribution in [0.15, 0.2) is 24.3 Å². The third-order valence-corrected chi connectivity index (χ3v) is 5.19. The standard InChI is InChI=1S/C23H38N2O3/c1-5-28-23(4,18-19(2)3)22(26)24-20-10-12-21(13-11-20)27-17-9-16-25-14-7-6-8-15-25/h10-13,19H,5-9,14-18H2,1-4H3,(H,24,26)/t23-/m1/s1. The number of carbonyl (C=O) groups is 1. The lowest BCUT2D eigenvalue weighted by Crippen LogP contribution is -2.43. The lowest BCUT2D eigenvalue weighted by molar-refractivity contribution is -0.140. The van der Waals surface area contributed by atoms with Gasteiger partial charge in [0, 0.05) is 18.8 Å². The van der Waals surface area contributed by atoms with Crippen LogP contribution in [0.2, 0.25) is 0 Å². The summed E-state index contributed by atoms with van der Waals surface area (Å²) in [6.07, 6.45) is 5.75. The van der Waals surface area contributed by atoms with Crippen molar-refractivity contribution >= 4 is 11.6 Å². The largest absolute Gasteiger partial charge is 0.494 e. The van der Waals surface area contributed by atoms with E-state index in [1.54, 1.807) is 0 Å². The molecule has 2 rings (SSSR count). The summed E-state index contributed by atoms with van der Waals surface area (Å²) < 4.78 is 11.6. The molecule has 1 aliphatic rings. The molecule has 1 aliphatic heterocycles. The number of piperidine rings is 1. The van der Waals surface area contributed by atoms with Gasteiger partial charge in [-0.2, -0.15) is 0 Å². The average molecular weight is 391 g/mol. The van der Waals surface area contributed by atoms with Gasteiger partial charge in [-0.1, -0.05) is 20.3 Å². The van der Waals surface area contributed by atoms with Gasteiger partial charge in [-0.25, -0.2) is 0 Å².